The number of aliphatic hydroxyl groups is 4. The average Bonchev–Trinajstić information content (AvgIpc) is 0.986. The predicted octanol–water partition coefficient (Wildman–Crippen LogP) is 10.4. The minimum absolute atomic E-state index is 0.0286. The van der Waals surface area contributed by atoms with Crippen molar-refractivity contribution in [3.8, 4) is 23.8 Å². The summed E-state index contributed by atoms with van der Waals surface area (Å²) < 4.78 is 27.7. The van der Waals surface area contributed by atoms with Crippen LogP contribution < -0.4 is 32.4 Å². The van der Waals surface area contributed by atoms with Crippen LogP contribution in [0.5, 0.6) is 0 Å². The number of nitrogens with two attached hydrogens (primary N) is 1. The van der Waals surface area contributed by atoms with Crippen molar-refractivity contribution in [3.05, 3.63) is 57.3 Å². The topological polar surface area (TPSA) is 487 Å². The summed E-state index contributed by atoms with van der Waals surface area (Å²) in [6.45, 7) is 24.6. The van der Waals surface area contributed by atoms with E-state index < -0.39 is 233 Å². The van der Waals surface area contributed by atoms with Gasteiger partial charge in [-0.1, -0.05) is 183 Å². The standard InChI is InChI=1S/C64H88N10O16.C19H36O4.C19H34O4/c1-27(2)44-53(78)35-19-17-21-37(35)61(84)71(13)25-40(75)73(15)50(29(5)6)63(86)88-33(11)46(59(82)67-44)69-57(80)39-24-23-31(9)55-48(39)66-49-42(43(65)52(77)32(10)56(49)90-55)58(81)70-47-34(12)89-64(87)51(30(7)8)74(16)41(76)26-72(14)62(85)38-22-18-20-36(38)54(79)45(28(3)4)68-60(47)83;2*1-3-4-5-6-7-8-9-10-11-12-13-14-18(21)15-19(22)16-23-17(2)20/h23-24,27-30,33-38,44-47,50-51H,17-22,25-26,65H2,1-16H3,(H,67,82)(H,68,83)(H,69,80)(H,70,81);3,18-19,21-22H,1,4-16H2,2H3;1,18-19,21-22H,4-16H2,2H3. The quantitative estimate of drug-likeness (QED) is 0.00487. The average molecular weight is 1910 g/mol. The maximum atomic E-state index is 15.2. The number of esters is 4. The molecule has 0 bridgehead atoms. The van der Waals surface area contributed by atoms with Crippen LogP contribution in [0.2, 0.25) is 0 Å². The van der Waals surface area contributed by atoms with Crippen LogP contribution in [0.4, 0.5) is 5.69 Å². The maximum absolute atomic E-state index is 15.2. The Morgan fingerprint density at radius 2 is 0.941 bits per heavy atom. The smallest absolute Gasteiger partial charge is 0.329 e. The van der Waals surface area contributed by atoms with Gasteiger partial charge in [-0.15, -0.1) is 18.9 Å². The van der Waals surface area contributed by atoms with Crippen molar-refractivity contribution in [1.29, 1.82) is 0 Å². The number of nitrogen functional groups attached to an aromatic ring is 1. The highest BCUT2D eigenvalue weighted by atomic mass is 16.6. The number of likely N-dealkylation sites (N-methyl/N-ethyl adjacent to an activating group) is 4. The Morgan fingerprint density at radius 1 is 0.559 bits per heavy atom. The van der Waals surface area contributed by atoms with Gasteiger partial charge in [-0.3, -0.25) is 62.3 Å². The summed E-state index contributed by atoms with van der Waals surface area (Å²) in [7, 11) is 5.66. The molecule has 0 radical (unpaired) electrons. The number of ketones is 2. The van der Waals surface area contributed by atoms with E-state index in [-0.39, 0.29) is 59.7 Å². The first kappa shape index (κ1) is 116. The van der Waals surface area contributed by atoms with E-state index in [1.807, 2.05) is 6.08 Å². The van der Waals surface area contributed by atoms with Gasteiger partial charge in [0.05, 0.1) is 66.4 Å². The molecule has 3 heterocycles. The van der Waals surface area contributed by atoms with E-state index in [1.54, 1.807) is 62.3 Å². The first-order chi connectivity index (χ1) is 64.2. The lowest BCUT2D eigenvalue weighted by Gasteiger charge is -2.35. The highest BCUT2D eigenvalue weighted by Crippen LogP contribution is 2.39. The number of hydrogen-bond acceptors (Lipinski definition) is 26. The minimum Gasteiger partial charge on any atom is -0.463 e. The summed E-state index contributed by atoms with van der Waals surface area (Å²) in [6, 6.07) is -5.71. The lowest BCUT2D eigenvalue weighted by molar-refractivity contribution is -0.163. The molecule has 760 valence electrons. The third-order valence-corrected chi connectivity index (χ3v) is 26.2. The van der Waals surface area contributed by atoms with Crippen LogP contribution >= 0.6 is 0 Å². The Kier molecular flexibility index (Phi) is 49.4. The van der Waals surface area contributed by atoms with E-state index in [2.05, 4.69) is 33.8 Å². The molecule has 1 aromatic rings. The SMILES string of the molecule is C#CCCCCCCCCCCCC(O)CC(O)COC(C)=O.C=CCCCCCCCCCCCC(O)CC(O)COC(C)=O.Cc1c2oc3c(C)ccc(C(=O)NC4C(=O)NC(C(C)C)C(=O)C5CCCC5C(=O)N(C)CC(=O)N(C)C(C(C)C)C(=O)OC4C)c3nc-2c(C(=O)NC2C(=O)NC(C(C)C)C(=O)C3CCCC3C(=O)N(C)CC(=O)N(C)C(C(C)C)C(=O)OC2C)c(N)c1=O. The van der Waals surface area contributed by atoms with Gasteiger partial charge in [0.1, 0.15) is 60.8 Å². The van der Waals surface area contributed by atoms with Gasteiger partial charge in [-0.25, -0.2) is 14.6 Å². The lowest BCUT2D eigenvalue weighted by atomic mass is 9.83. The second-order valence-electron chi connectivity index (χ2n) is 38.9. The number of carbonyl (C=O) groups excluding carboxylic acids is 14. The number of aromatic nitrogens is 1. The predicted molar refractivity (Wildman–Crippen MR) is 515 cm³/mol. The number of carbonyl (C=O) groups is 14. The number of Topliss-reactive ketones (excluding diaryl/α,β-unsaturated/α-hetero) is 2. The van der Waals surface area contributed by atoms with Crippen LogP contribution in [0.1, 0.15) is 308 Å². The zero-order valence-electron chi connectivity index (χ0n) is 83.9. The van der Waals surface area contributed by atoms with Gasteiger partial charge in [-0.2, -0.15) is 0 Å². The molecule has 7 rings (SSSR count). The first-order valence-electron chi connectivity index (χ1n) is 49.1. The molecule has 4 fully saturated rings. The summed E-state index contributed by atoms with van der Waals surface area (Å²) in [5.41, 5.74) is 3.67. The van der Waals surface area contributed by atoms with Gasteiger partial charge < -0.3 is 90.4 Å². The van der Waals surface area contributed by atoms with E-state index in [1.165, 1.54) is 168 Å². The van der Waals surface area contributed by atoms with Crippen molar-refractivity contribution < 1.29 is 111 Å². The number of amides is 8. The van der Waals surface area contributed by atoms with Gasteiger partial charge in [0.15, 0.2) is 22.9 Å². The molecule has 10 N–H and O–H groups in total. The molecule has 3 aliphatic heterocycles. The fourth-order valence-electron chi connectivity index (χ4n) is 18.3. The summed E-state index contributed by atoms with van der Waals surface area (Å²) in [4.78, 5) is 218. The van der Waals surface area contributed by atoms with Gasteiger partial charge in [0.25, 0.3) is 11.8 Å². The van der Waals surface area contributed by atoms with Crippen LogP contribution in [-0.4, -0.2) is 255 Å². The van der Waals surface area contributed by atoms with Gasteiger partial charge in [0, 0.05) is 90.5 Å². The molecule has 2 saturated carbocycles. The molecule has 16 unspecified atom stereocenters. The molecule has 8 amide bonds. The maximum Gasteiger partial charge on any atom is 0.329 e. The fourth-order valence-corrected chi connectivity index (χ4v) is 18.3. The number of anilines is 1. The number of rotatable bonds is 39. The summed E-state index contributed by atoms with van der Waals surface area (Å²) in [5, 5.41) is 49.6. The number of hydrogen-bond donors (Lipinski definition) is 9. The third kappa shape index (κ3) is 35.0. The van der Waals surface area contributed by atoms with E-state index in [0.717, 1.165) is 54.7 Å². The molecule has 3 aliphatic carbocycles. The first-order valence-corrected chi connectivity index (χ1v) is 49.1. The summed E-state index contributed by atoms with van der Waals surface area (Å²) in [5.74, 6) is -13.0. The molecule has 16 atom stereocenters. The lowest BCUT2D eigenvalue weighted by Crippen LogP contribution is -2.59. The molecule has 6 aliphatic rings. The Balaban J connectivity index is 0.000000578. The Labute approximate surface area is 803 Å². The van der Waals surface area contributed by atoms with Crippen molar-refractivity contribution >= 4 is 99.5 Å². The second kappa shape index (κ2) is 57.8. The number of cyclic esters (lactones) is 2. The number of nitrogens with zero attached hydrogens (tertiary/aromatic N) is 5. The number of aliphatic hydroxyl groups excluding tert-OH is 4. The largest absolute Gasteiger partial charge is 0.463 e. The van der Waals surface area contributed by atoms with Crippen LogP contribution in [0, 0.1) is 73.5 Å². The number of nitrogens with one attached hydrogen (secondary N) is 4. The van der Waals surface area contributed by atoms with Crippen LogP contribution in [0.15, 0.2) is 34.0 Å². The summed E-state index contributed by atoms with van der Waals surface area (Å²) in [6.07, 6.45) is 29.9. The van der Waals surface area contributed by atoms with E-state index in [4.69, 9.17) is 40.5 Å². The van der Waals surface area contributed by atoms with Gasteiger partial charge >= 0.3 is 23.9 Å². The number of ether oxygens (including phenoxy) is 4. The molecule has 2 saturated heterocycles. The molecule has 0 spiro atoms. The molecule has 0 aromatic heterocycles. The molecule has 136 heavy (non-hydrogen) atoms. The number of unbranched alkanes of at least 4 members (excludes halogenated alkanes) is 18. The molecular weight excluding hydrogens is 1750 g/mol. The van der Waals surface area contributed by atoms with Gasteiger partial charge in [-0.05, 0) is 121 Å². The van der Waals surface area contributed by atoms with Crippen molar-refractivity contribution in [2.45, 2.75) is 362 Å². The monoisotopic (exact) mass is 1910 g/mol. The third-order valence-electron chi connectivity index (χ3n) is 26.2. The number of aryl methyl sites for hydroxylation is 1. The van der Waals surface area contributed by atoms with Crippen molar-refractivity contribution in [2.75, 3.05) is 60.2 Å². The zero-order chi connectivity index (χ0) is 102. The second-order valence-corrected chi connectivity index (χ2v) is 38.9. The highest BCUT2D eigenvalue weighted by Gasteiger charge is 2.48. The van der Waals surface area contributed by atoms with Gasteiger partial charge in [0.2, 0.25) is 40.9 Å². The van der Waals surface area contributed by atoms with Crippen LogP contribution in [0.25, 0.3) is 22.6 Å². The van der Waals surface area contributed by atoms with Crippen molar-refractivity contribution in [1.82, 2.24) is 45.9 Å². The molecule has 34 heteroatoms. The van der Waals surface area contributed by atoms with E-state index in [0.29, 0.717) is 56.9 Å². The van der Waals surface area contributed by atoms with E-state index in [9.17, 15) is 82.8 Å². The van der Waals surface area contributed by atoms with Crippen molar-refractivity contribution in [3.63, 3.8) is 0 Å². The Hall–Kier alpha value is -10.2. The van der Waals surface area contributed by atoms with Crippen LogP contribution in [0.3, 0.4) is 0 Å². The Morgan fingerprint density at radius 3 is 1.32 bits per heavy atom. The van der Waals surface area contributed by atoms with Crippen LogP contribution in [-0.2, 0) is 76.5 Å². The van der Waals surface area contributed by atoms with Crippen molar-refractivity contribution in [2.24, 2.45) is 47.3 Å². The summed E-state index contributed by atoms with van der Waals surface area (Å²) >= 11 is 0. The molecular formula is C102H158N10O24. The highest BCUT2D eigenvalue weighted by molar-refractivity contribution is 6.11. The normalized spacial score (nSPS) is 22.9. The number of terminal acetylenes is 1. The van der Waals surface area contributed by atoms with E-state index >= 15 is 9.59 Å². The zero-order valence-corrected chi connectivity index (χ0v) is 83.9. The number of benzene rings is 2. The minimum atomic E-state index is -1.86. The molecule has 1 aromatic carbocycles. The fraction of sp³-hybridized carbons (Fsp3) is 0.706. The Bertz CT molecular complexity index is 4580. The molecule has 34 nitrogen and oxygen atoms in total. The number of allylic oxidation sites excluding steroid dienone is 1. The number of fused-ring (bicyclic) bond motifs is 4.